The van der Waals surface area contributed by atoms with E-state index in [1.165, 1.54) is 0 Å². The van der Waals surface area contributed by atoms with Gasteiger partial charge in [-0.05, 0) is 35.6 Å². The smallest absolute Gasteiger partial charge is 0.407 e. The Kier molecular flexibility index (Phi) is 7.40. The largest absolute Gasteiger partial charge is 0.481 e. The van der Waals surface area contributed by atoms with Gasteiger partial charge in [-0.2, -0.15) is 0 Å². The highest BCUT2D eigenvalue weighted by Crippen LogP contribution is 2.44. The summed E-state index contributed by atoms with van der Waals surface area (Å²) >= 11 is 0. The van der Waals surface area contributed by atoms with Crippen LogP contribution in [-0.4, -0.2) is 55.0 Å². The van der Waals surface area contributed by atoms with Gasteiger partial charge in [0.25, 0.3) is 0 Å². The summed E-state index contributed by atoms with van der Waals surface area (Å²) in [6.45, 7) is 4.12. The minimum atomic E-state index is -1.03. The second kappa shape index (κ2) is 10.5. The molecule has 1 heterocycles. The van der Waals surface area contributed by atoms with E-state index in [4.69, 9.17) is 14.6 Å². The summed E-state index contributed by atoms with van der Waals surface area (Å²) in [7, 11) is 0. The number of alkyl carbamates (subject to hydrolysis) is 1. The van der Waals surface area contributed by atoms with Crippen LogP contribution < -0.4 is 10.6 Å². The molecule has 0 aromatic heterocycles. The molecule has 2 aromatic rings. The number of nitrogens with one attached hydrogen (secondary N) is 2. The number of aliphatic carboxylic acids is 1. The zero-order valence-electron chi connectivity index (χ0n) is 20.1. The zero-order valence-corrected chi connectivity index (χ0v) is 20.1. The van der Waals surface area contributed by atoms with E-state index in [9.17, 15) is 14.4 Å². The number of fused-ring (bicyclic) bond motifs is 3. The van der Waals surface area contributed by atoms with Gasteiger partial charge in [0.1, 0.15) is 6.61 Å². The molecule has 0 saturated carbocycles. The van der Waals surface area contributed by atoms with Crippen LogP contribution in [0.4, 0.5) is 4.79 Å². The highest BCUT2D eigenvalue weighted by molar-refractivity contribution is 5.85. The molecule has 0 spiro atoms. The Morgan fingerprint density at radius 2 is 1.74 bits per heavy atom. The molecule has 8 heteroatoms. The monoisotopic (exact) mass is 480 g/mol. The number of carboxylic acids is 1. The van der Waals surface area contributed by atoms with Crippen molar-refractivity contribution in [3.05, 3.63) is 59.7 Å². The van der Waals surface area contributed by atoms with Crippen LogP contribution in [0.25, 0.3) is 11.1 Å². The fourth-order valence-electron chi connectivity index (χ4n) is 5.02. The summed E-state index contributed by atoms with van der Waals surface area (Å²) in [6, 6.07) is 15.1. The maximum atomic E-state index is 13.1. The fraction of sp³-hybridized carbons (Fsp3) is 0.444. The number of benzene rings is 2. The van der Waals surface area contributed by atoms with E-state index < -0.39 is 29.6 Å². The molecule has 2 aliphatic rings. The van der Waals surface area contributed by atoms with Gasteiger partial charge < -0.3 is 25.2 Å². The molecule has 1 fully saturated rings. The molecular weight excluding hydrogens is 448 g/mol. The minimum Gasteiger partial charge on any atom is -0.481 e. The number of hydrogen-bond donors (Lipinski definition) is 3. The molecule has 2 unspecified atom stereocenters. The van der Waals surface area contributed by atoms with E-state index in [2.05, 4.69) is 34.9 Å². The van der Waals surface area contributed by atoms with Crippen LogP contribution in [0.5, 0.6) is 0 Å². The highest BCUT2D eigenvalue weighted by Gasteiger charge is 2.48. The number of rotatable bonds is 9. The third-order valence-corrected chi connectivity index (χ3v) is 7.00. The van der Waals surface area contributed by atoms with Gasteiger partial charge in [-0.3, -0.25) is 9.59 Å². The van der Waals surface area contributed by atoms with Crippen molar-refractivity contribution >= 4 is 18.0 Å². The Morgan fingerprint density at radius 3 is 2.34 bits per heavy atom. The van der Waals surface area contributed by atoms with Crippen molar-refractivity contribution in [3.8, 4) is 11.1 Å². The number of hydrogen-bond acceptors (Lipinski definition) is 5. The van der Waals surface area contributed by atoms with Crippen LogP contribution in [0.2, 0.25) is 0 Å². The Balaban J connectivity index is 1.39. The Hall–Kier alpha value is -3.39. The second-order valence-corrected chi connectivity index (χ2v) is 9.51. The molecule has 1 aliphatic heterocycles. The second-order valence-electron chi connectivity index (χ2n) is 9.51. The molecule has 2 amide bonds. The number of ether oxygens (including phenoxy) is 2. The first-order valence-corrected chi connectivity index (χ1v) is 12.1. The first-order valence-electron chi connectivity index (χ1n) is 12.1. The normalized spacial score (nSPS) is 21.6. The number of amides is 2. The van der Waals surface area contributed by atoms with Gasteiger partial charge in [-0.25, -0.2) is 4.79 Å². The minimum absolute atomic E-state index is 0.0616. The van der Waals surface area contributed by atoms with Gasteiger partial charge in [0.2, 0.25) is 5.91 Å². The van der Waals surface area contributed by atoms with Crippen LogP contribution >= 0.6 is 0 Å². The predicted octanol–water partition coefficient (Wildman–Crippen LogP) is 3.69. The number of carbonyl (C=O) groups excluding carboxylic acids is 2. The van der Waals surface area contributed by atoms with E-state index in [-0.39, 0.29) is 38.1 Å². The van der Waals surface area contributed by atoms with Crippen molar-refractivity contribution < 1.29 is 29.0 Å². The van der Waals surface area contributed by atoms with Crippen molar-refractivity contribution in [3.63, 3.8) is 0 Å². The summed E-state index contributed by atoms with van der Waals surface area (Å²) in [4.78, 5) is 37.0. The average molecular weight is 481 g/mol. The Morgan fingerprint density at radius 1 is 1.11 bits per heavy atom. The molecule has 4 rings (SSSR count). The van der Waals surface area contributed by atoms with Gasteiger partial charge in [0.05, 0.1) is 31.1 Å². The molecule has 1 aliphatic carbocycles. The first-order chi connectivity index (χ1) is 16.8. The van der Waals surface area contributed by atoms with Crippen LogP contribution in [-0.2, 0) is 19.1 Å². The number of carboxylic acid groups (broad SMARTS) is 1. The summed E-state index contributed by atoms with van der Waals surface area (Å²) in [5, 5.41) is 14.8. The van der Waals surface area contributed by atoms with Gasteiger partial charge in [-0.1, -0.05) is 61.9 Å². The van der Waals surface area contributed by atoms with Gasteiger partial charge in [0.15, 0.2) is 0 Å². The summed E-state index contributed by atoms with van der Waals surface area (Å²) in [6.07, 6.45) is 0.532. The lowest BCUT2D eigenvalue weighted by molar-refractivity contribution is -0.138. The lowest BCUT2D eigenvalue weighted by Gasteiger charge is -2.30. The van der Waals surface area contributed by atoms with E-state index in [1.807, 2.05) is 31.2 Å². The lowest BCUT2D eigenvalue weighted by atomic mass is 9.83. The van der Waals surface area contributed by atoms with Gasteiger partial charge >= 0.3 is 12.1 Å². The van der Waals surface area contributed by atoms with Crippen LogP contribution in [0.15, 0.2) is 48.5 Å². The summed E-state index contributed by atoms with van der Waals surface area (Å²) in [5.74, 6) is -1.36. The summed E-state index contributed by atoms with van der Waals surface area (Å²) in [5.41, 5.74) is 3.50. The third-order valence-electron chi connectivity index (χ3n) is 7.00. The molecule has 186 valence electrons. The molecule has 2 aromatic carbocycles. The predicted molar refractivity (Wildman–Crippen MR) is 130 cm³/mol. The van der Waals surface area contributed by atoms with Crippen LogP contribution in [0.1, 0.15) is 50.2 Å². The van der Waals surface area contributed by atoms with Crippen molar-refractivity contribution in [2.24, 2.45) is 5.41 Å². The maximum absolute atomic E-state index is 13.1. The van der Waals surface area contributed by atoms with Gasteiger partial charge in [-0.15, -0.1) is 0 Å². The van der Waals surface area contributed by atoms with E-state index >= 15 is 0 Å². The fourth-order valence-corrected chi connectivity index (χ4v) is 5.02. The molecule has 1 saturated heterocycles. The summed E-state index contributed by atoms with van der Waals surface area (Å²) < 4.78 is 11.2. The van der Waals surface area contributed by atoms with Crippen molar-refractivity contribution in [2.75, 3.05) is 19.8 Å². The van der Waals surface area contributed by atoms with Crippen molar-refractivity contribution in [2.45, 2.75) is 51.1 Å². The third kappa shape index (κ3) is 5.17. The molecule has 35 heavy (non-hydrogen) atoms. The molecule has 3 atom stereocenters. The van der Waals surface area contributed by atoms with E-state index in [0.717, 1.165) is 28.7 Å². The number of carbonyl (C=O) groups is 3. The molecule has 8 nitrogen and oxygen atoms in total. The Bertz CT molecular complexity index is 1060. The molecule has 3 N–H and O–H groups in total. The lowest BCUT2D eigenvalue weighted by Crippen LogP contribution is -2.55. The molecular formula is C27H32N2O6. The SMILES string of the molecule is CCC[C@@H](CC(=O)O)NC(=O)C1(C)COCC1NC(=O)OCC1c2ccccc2-c2ccccc21. The van der Waals surface area contributed by atoms with Gasteiger partial charge in [0, 0.05) is 12.0 Å². The van der Waals surface area contributed by atoms with Crippen LogP contribution in [0, 0.1) is 5.41 Å². The van der Waals surface area contributed by atoms with E-state index in [1.54, 1.807) is 6.92 Å². The Labute approximate surface area is 205 Å². The molecule has 0 radical (unpaired) electrons. The topological polar surface area (TPSA) is 114 Å². The molecule has 0 bridgehead atoms. The van der Waals surface area contributed by atoms with Crippen molar-refractivity contribution in [1.82, 2.24) is 10.6 Å². The first kappa shape index (κ1) is 24.7. The quantitative estimate of drug-likeness (QED) is 0.504. The standard InChI is InChI=1S/C27H32N2O6/c1-3-8-17(13-24(30)31)28-25(32)27(2)16-34-15-23(27)29-26(33)35-14-22-20-11-6-4-9-18(20)19-10-5-7-12-21(19)22/h4-7,9-12,17,22-23H,3,8,13-16H2,1-2H3,(H,28,32)(H,29,33)(H,30,31)/t17-,23?,27?/m0/s1. The zero-order chi connectivity index (χ0) is 25.0. The van der Waals surface area contributed by atoms with Crippen LogP contribution in [0.3, 0.4) is 0 Å². The average Bonchev–Trinajstić information content (AvgIpc) is 3.36. The van der Waals surface area contributed by atoms with Crippen molar-refractivity contribution in [1.29, 1.82) is 0 Å². The highest BCUT2D eigenvalue weighted by atomic mass is 16.5. The maximum Gasteiger partial charge on any atom is 0.407 e. The van der Waals surface area contributed by atoms with E-state index in [0.29, 0.717) is 6.42 Å².